The molecule has 0 spiro atoms. The normalized spacial score (nSPS) is 11.5. The predicted octanol–water partition coefficient (Wildman–Crippen LogP) is 3.21. The summed E-state index contributed by atoms with van der Waals surface area (Å²) in [6.07, 6.45) is 0.929. The molecule has 4 nitrogen and oxygen atoms in total. The molecule has 1 rings (SSSR count). The summed E-state index contributed by atoms with van der Waals surface area (Å²) in [6, 6.07) is 6.69. The molecule has 0 aliphatic carbocycles. The minimum atomic E-state index is -0.342. The predicted molar refractivity (Wildman–Crippen MR) is 83.7 cm³/mol. The third-order valence-electron chi connectivity index (χ3n) is 3.18. The van der Waals surface area contributed by atoms with Gasteiger partial charge < -0.3 is 10.1 Å². The molecule has 0 aliphatic rings. The van der Waals surface area contributed by atoms with Crippen LogP contribution in [-0.4, -0.2) is 29.9 Å². The minimum Gasteiger partial charge on any atom is -0.379 e. The summed E-state index contributed by atoms with van der Waals surface area (Å²) in [5.41, 5.74) is 0.819. The Morgan fingerprint density at radius 1 is 1.14 bits per heavy atom. The molecule has 0 radical (unpaired) electrons. The van der Waals surface area contributed by atoms with Crippen molar-refractivity contribution in [1.29, 1.82) is 0 Å². The van der Waals surface area contributed by atoms with E-state index in [0.717, 1.165) is 6.42 Å². The van der Waals surface area contributed by atoms with E-state index >= 15 is 0 Å². The summed E-state index contributed by atoms with van der Waals surface area (Å²) in [4.78, 5) is 23.4. The first-order chi connectivity index (χ1) is 9.71. The Morgan fingerprint density at radius 3 is 2.14 bits per heavy atom. The smallest absolute Gasteiger partial charge is 0.251 e. The molecule has 116 valence electrons. The van der Waals surface area contributed by atoms with Gasteiger partial charge in [-0.3, -0.25) is 9.59 Å². The van der Waals surface area contributed by atoms with Gasteiger partial charge in [0.2, 0.25) is 0 Å². The molecule has 1 amide bonds. The van der Waals surface area contributed by atoms with Crippen LogP contribution in [0.15, 0.2) is 24.3 Å². The van der Waals surface area contributed by atoms with Crippen molar-refractivity contribution in [2.45, 2.75) is 52.7 Å². The Morgan fingerprint density at radius 2 is 1.67 bits per heavy atom. The number of benzene rings is 1. The molecule has 0 saturated heterocycles. The van der Waals surface area contributed by atoms with Gasteiger partial charge >= 0.3 is 0 Å². The SMILES string of the molecule is CC(=O)c1ccc(C(=O)NC(C)(C)CCOC(C)C)cc1. The summed E-state index contributed by atoms with van der Waals surface area (Å²) in [5, 5.41) is 2.99. The number of Topliss-reactive ketones (excluding diaryl/α,β-unsaturated/α-hetero) is 1. The van der Waals surface area contributed by atoms with E-state index in [1.165, 1.54) is 6.92 Å². The number of amides is 1. The van der Waals surface area contributed by atoms with Gasteiger partial charge in [0.15, 0.2) is 5.78 Å². The minimum absolute atomic E-state index is 0.00637. The molecule has 1 N–H and O–H groups in total. The number of carbonyl (C=O) groups excluding carboxylic acids is 2. The van der Waals surface area contributed by atoms with E-state index in [1.54, 1.807) is 24.3 Å². The van der Waals surface area contributed by atoms with Crippen molar-refractivity contribution >= 4 is 11.7 Å². The molecule has 0 saturated carbocycles. The van der Waals surface area contributed by atoms with Gasteiger partial charge in [0.05, 0.1) is 6.10 Å². The van der Waals surface area contributed by atoms with Gasteiger partial charge in [-0.15, -0.1) is 0 Å². The molecule has 0 aliphatic heterocycles. The number of ether oxygens (including phenoxy) is 1. The van der Waals surface area contributed by atoms with Gasteiger partial charge in [-0.05, 0) is 53.2 Å². The first kappa shape index (κ1) is 17.4. The fourth-order valence-corrected chi connectivity index (χ4v) is 1.85. The maximum Gasteiger partial charge on any atom is 0.251 e. The zero-order valence-corrected chi connectivity index (χ0v) is 13.5. The van der Waals surface area contributed by atoms with E-state index in [4.69, 9.17) is 4.74 Å². The maximum atomic E-state index is 12.2. The quantitative estimate of drug-likeness (QED) is 0.785. The van der Waals surface area contributed by atoms with Crippen LogP contribution in [0.2, 0.25) is 0 Å². The van der Waals surface area contributed by atoms with Crippen LogP contribution < -0.4 is 5.32 Å². The molecule has 0 fully saturated rings. The maximum absolute atomic E-state index is 12.2. The summed E-state index contributed by atoms with van der Waals surface area (Å²) in [5.74, 6) is -0.146. The van der Waals surface area contributed by atoms with Crippen LogP contribution in [0.5, 0.6) is 0 Å². The summed E-state index contributed by atoms with van der Waals surface area (Å²) < 4.78 is 5.52. The van der Waals surface area contributed by atoms with Crippen molar-refractivity contribution < 1.29 is 14.3 Å². The van der Waals surface area contributed by atoms with Crippen LogP contribution in [-0.2, 0) is 4.74 Å². The number of rotatable bonds is 7. The lowest BCUT2D eigenvalue weighted by molar-refractivity contribution is 0.0614. The average Bonchev–Trinajstić information content (AvgIpc) is 2.37. The van der Waals surface area contributed by atoms with Gasteiger partial charge in [0.1, 0.15) is 0 Å². The molecular weight excluding hydrogens is 266 g/mol. The molecule has 4 heteroatoms. The molecular formula is C17H25NO3. The Kier molecular flexibility index (Phi) is 6.09. The number of hydrogen-bond acceptors (Lipinski definition) is 3. The third-order valence-corrected chi connectivity index (χ3v) is 3.18. The fraction of sp³-hybridized carbons (Fsp3) is 0.529. The highest BCUT2D eigenvalue weighted by molar-refractivity contribution is 5.97. The number of ketones is 1. The standard InChI is InChI=1S/C17H25NO3/c1-12(2)21-11-10-17(4,5)18-16(20)15-8-6-14(7-9-15)13(3)19/h6-9,12H,10-11H2,1-5H3,(H,18,20). The molecule has 0 aromatic heterocycles. The molecule has 0 bridgehead atoms. The first-order valence-electron chi connectivity index (χ1n) is 7.26. The van der Waals surface area contributed by atoms with Crippen molar-refractivity contribution in [1.82, 2.24) is 5.32 Å². The van der Waals surface area contributed by atoms with Gasteiger partial charge in [-0.2, -0.15) is 0 Å². The lowest BCUT2D eigenvalue weighted by Gasteiger charge is -2.26. The van der Waals surface area contributed by atoms with Crippen LogP contribution in [0.3, 0.4) is 0 Å². The Labute approximate surface area is 126 Å². The van der Waals surface area contributed by atoms with Crippen molar-refractivity contribution in [3.8, 4) is 0 Å². The molecule has 0 atom stereocenters. The van der Waals surface area contributed by atoms with Gasteiger partial charge in [0, 0.05) is 23.3 Å². The van der Waals surface area contributed by atoms with Crippen LogP contribution >= 0.6 is 0 Å². The highest BCUT2D eigenvalue weighted by Crippen LogP contribution is 2.12. The summed E-state index contributed by atoms with van der Waals surface area (Å²) in [6.45, 7) is 10.0. The number of carbonyl (C=O) groups is 2. The Balaban J connectivity index is 2.60. The topological polar surface area (TPSA) is 55.4 Å². The second-order valence-corrected chi connectivity index (χ2v) is 6.14. The van der Waals surface area contributed by atoms with E-state index in [-0.39, 0.29) is 23.3 Å². The summed E-state index contributed by atoms with van der Waals surface area (Å²) in [7, 11) is 0. The summed E-state index contributed by atoms with van der Waals surface area (Å²) >= 11 is 0. The third kappa shape index (κ3) is 6.08. The zero-order valence-electron chi connectivity index (χ0n) is 13.5. The molecule has 1 aromatic rings. The Hall–Kier alpha value is -1.68. The highest BCUT2D eigenvalue weighted by atomic mass is 16.5. The van der Waals surface area contributed by atoms with Crippen molar-refractivity contribution in [2.24, 2.45) is 0 Å². The average molecular weight is 291 g/mol. The van der Waals surface area contributed by atoms with E-state index < -0.39 is 0 Å². The second kappa shape index (κ2) is 7.36. The van der Waals surface area contributed by atoms with Gasteiger partial charge in [0.25, 0.3) is 5.91 Å². The first-order valence-corrected chi connectivity index (χ1v) is 7.26. The molecule has 1 aromatic carbocycles. The van der Waals surface area contributed by atoms with Crippen LogP contribution in [0.1, 0.15) is 61.8 Å². The van der Waals surface area contributed by atoms with Crippen LogP contribution in [0.4, 0.5) is 0 Å². The van der Waals surface area contributed by atoms with Crippen molar-refractivity contribution in [2.75, 3.05) is 6.61 Å². The lowest BCUT2D eigenvalue weighted by atomic mass is 10.00. The number of hydrogen-bond donors (Lipinski definition) is 1. The van der Waals surface area contributed by atoms with Crippen LogP contribution in [0.25, 0.3) is 0 Å². The van der Waals surface area contributed by atoms with Crippen molar-refractivity contribution in [3.63, 3.8) is 0 Å². The Bertz CT molecular complexity index is 489. The second-order valence-electron chi connectivity index (χ2n) is 6.14. The van der Waals surface area contributed by atoms with Crippen LogP contribution in [0, 0.1) is 0 Å². The monoisotopic (exact) mass is 291 g/mol. The fourth-order valence-electron chi connectivity index (χ4n) is 1.85. The van der Waals surface area contributed by atoms with E-state index in [1.807, 2.05) is 27.7 Å². The molecule has 0 unspecified atom stereocenters. The van der Waals surface area contributed by atoms with Gasteiger partial charge in [-0.1, -0.05) is 12.1 Å². The molecule has 0 heterocycles. The number of nitrogens with one attached hydrogen (secondary N) is 1. The van der Waals surface area contributed by atoms with E-state index in [2.05, 4.69) is 5.32 Å². The van der Waals surface area contributed by atoms with Crippen molar-refractivity contribution in [3.05, 3.63) is 35.4 Å². The van der Waals surface area contributed by atoms with E-state index in [9.17, 15) is 9.59 Å². The van der Waals surface area contributed by atoms with Gasteiger partial charge in [-0.25, -0.2) is 0 Å². The van der Waals surface area contributed by atoms with E-state index in [0.29, 0.717) is 17.7 Å². The largest absolute Gasteiger partial charge is 0.379 e. The molecule has 21 heavy (non-hydrogen) atoms. The zero-order chi connectivity index (χ0) is 16.0. The highest BCUT2D eigenvalue weighted by Gasteiger charge is 2.21. The lowest BCUT2D eigenvalue weighted by Crippen LogP contribution is -2.44.